The lowest BCUT2D eigenvalue weighted by Crippen LogP contribution is -2.32. The maximum absolute atomic E-state index is 16.1. The quantitative estimate of drug-likeness (QED) is 0.369. The zero-order chi connectivity index (χ0) is 22.6. The van der Waals surface area contributed by atoms with Crippen molar-refractivity contribution in [3.05, 3.63) is 87.3 Å². The zero-order valence-electron chi connectivity index (χ0n) is 17.3. The molecule has 0 bridgehead atoms. The van der Waals surface area contributed by atoms with Gasteiger partial charge in [0.25, 0.3) is 0 Å². The van der Waals surface area contributed by atoms with Gasteiger partial charge in [0.1, 0.15) is 5.67 Å². The van der Waals surface area contributed by atoms with Crippen molar-refractivity contribution in [1.29, 1.82) is 0 Å². The van der Waals surface area contributed by atoms with E-state index in [9.17, 15) is 14.2 Å². The number of pyridine rings is 1. The number of benzene rings is 1. The van der Waals surface area contributed by atoms with Crippen molar-refractivity contribution in [1.82, 2.24) is 4.57 Å². The third kappa shape index (κ3) is 5.22. The first-order valence-electron chi connectivity index (χ1n) is 9.87. The number of nitrogens with zero attached hydrogens (tertiary/aromatic N) is 2. The molecule has 164 valence electrons. The molecule has 3 atom stereocenters. The van der Waals surface area contributed by atoms with Gasteiger partial charge in [-0.25, -0.2) is 4.39 Å². The van der Waals surface area contributed by atoms with E-state index in [4.69, 9.17) is 11.6 Å². The molecule has 0 saturated heterocycles. The molecule has 3 unspecified atom stereocenters. The predicted octanol–water partition coefficient (Wildman–Crippen LogP) is 4.66. The number of aryl methyl sites for hydroxylation is 1. The highest BCUT2D eigenvalue weighted by Gasteiger charge is 2.39. The van der Waals surface area contributed by atoms with Gasteiger partial charge in [-0.3, -0.25) is 9.00 Å². The fraction of sp³-hybridized carbons (Fsp3) is 0.304. The van der Waals surface area contributed by atoms with Crippen LogP contribution in [-0.4, -0.2) is 31.1 Å². The van der Waals surface area contributed by atoms with E-state index in [2.05, 4.69) is 5.16 Å². The summed E-state index contributed by atoms with van der Waals surface area (Å²) in [5, 5.41) is 13.6. The van der Waals surface area contributed by atoms with Crippen LogP contribution in [0, 0.1) is 0 Å². The largest absolute Gasteiger partial charge is 0.411 e. The minimum absolute atomic E-state index is 0.0711. The van der Waals surface area contributed by atoms with Crippen LogP contribution in [0.1, 0.15) is 36.8 Å². The Morgan fingerprint density at radius 3 is 2.58 bits per heavy atom. The molecule has 8 heteroatoms. The standard InChI is InChI=1S/C23H24ClFN2O3S/c1-3-31(30)19-7-4-16(5-8-19)20(23(25)12-10-18(24)11-13-23)14-21(26-29)17-6-9-22(28)27(2)15-17/h4-12,15,20,29H,3,13-14H2,1-2H3/b26-21+. The van der Waals surface area contributed by atoms with Crippen LogP contribution in [0.2, 0.25) is 0 Å². The molecule has 1 aliphatic rings. The molecule has 5 nitrogen and oxygen atoms in total. The van der Waals surface area contributed by atoms with Crippen LogP contribution >= 0.6 is 11.6 Å². The molecule has 0 fully saturated rings. The van der Waals surface area contributed by atoms with Crippen molar-refractivity contribution in [3.63, 3.8) is 0 Å². The second-order valence-corrected chi connectivity index (χ2v) is 9.60. The van der Waals surface area contributed by atoms with E-state index < -0.39 is 22.4 Å². The van der Waals surface area contributed by atoms with E-state index in [0.717, 1.165) is 0 Å². The normalized spacial score (nSPS) is 20.9. The average Bonchev–Trinajstić information content (AvgIpc) is 2.78. The Kier molecular flexibility index (Phi) is 7.28. The highest BCUT2D eigenvalue weighted by Crippen LogP contribution is 2.42. The van der Waals surface area contributed by atoms with E-state index in [1.807, 2.05) is 6.92 Å². The molecule has 0 radical (unpaired) electrons. The fourth-order valence-electron chi connectivity index (χ4n) is 3.62. The van der Waals surface area contributed by atoms with Gasteiger partial charge in [-0.1, -0.05) is 41.9 Å². The summed E-state index contributed by atoms with van der Waals surface area (Å²) < 4.78 is 29.6. The second kappa shape index (κ2) is 9.75. The van der Waals surface area contributed by atoms with Crippen LogP contribution in [0.3, 0.4) is 0 Å². The number of rotatable bonds is 7. The Bertz CT molecular complexity index is 1120. The highest BCUT2D eigenvalue weighted by molar-refractivity contribution is 7.85. The van der Waals surface area contributed by atoms with Crippen molar-refractivity contribution in [2.75, 3.05) is 5.75 Å². The summed E-state index contributed by atoms with van der Waals surface area (Å²) in [5.41, 5.74) is -0.501. The van der Waals surface area contributed by atoms with Crippen LogP contribution in [-0.2, 0) is 17.8 Å². The monoisotopic (exact) mass is 462 g/mol. The Hall–Kier alpha value is -2.51. The molecular weight excluding hydrogens is 439 g/mol. The molecule has 1 aromatic heterocycles. The van der Waals surface area contributed by atoms with Crippen LogP contribution in [0.25, 0.3) is 0 Å². The molecule has 0 amide bonds. The Morgan fingerprint density at radius 1 is 1.32 bits per heavy atom. The summed E-state index contributed by atoms with van der Waals surface area (Å²) >= 11 is 6.01. The fourth-order valence-corrected chi connectivity index (χ4v) is 4.54. The third-order valence-electron chi connectivity index (χ3n) is 5.45. The van der Waals surface area contributed by atoms with Gasteiger partial charge in [0.15, 0.2) is 0 Å². The van der Waals surface area contributed by atoms with Crippen LogP contribution in [0.15, 0.2) is 80.7 Å². The maximum Gasteiger partial charge on any atom is 0.250 e. The van der Waals surface area contributed by atoms with E-state index in [-0.39, 0.29) is 24.1 Å². The molecule has 3 rings (SSSR count). The molecule has 0 saturated carbocycles. The van der Waals surface area contributed by atoms with Gasteiger partial charge in [-0.05, 0) is 35.9 Å². The molecule has 1 aromatic carbocycles. The van der Waals surface area contributed by atoms with Gasteiger partial charge >= 0.3 is 0 Å². The van der Waals surface area contributed by atoms with Gasteiger partial charge in [0.2, 0.25) is 5.56 Å². The van der Waals surface area contributed by atoms with Crippen LogP contribution in [0.5, 0.6) is 0 Å². The van der Waals surface area contributed by atoms with Crippen molar-refractivity contribution in [2.24, 2.45) is 12.2 Å². The highest BCUT2D eigenvalue weighted by atomic mass is 35.5. The first kappa shape index (κ1) is 23.2. The lowest BCUT2D eigenvalue weighted by Gasteiger charge is -2.33. The number of oxime groups is 1. The number of alkyl halides is 1. The summed E-state index contributed by atoms with van der Waals surface area (Å²) in [6.45, 7) is 1.84. The molecule has 31 heavy (non-hydrogen) atoms. The Morgan fingerprint density at radius 2 is 2.03 bits per heavy atom. The lowest BCUT2D eigenvalue weighted by atomic mass is 9.76. The topological polar surface area (TPSA) is 71.7 Å². The zero-order valence-corrected chi connectivity index (χ0v) is 18.9. The van der Waals surface area contributed by atoms with Crippen molar-refractivity contribution >= 4 is 28.1 Å². The van der Waals surface area contributed by atoms with Gasteiger partial charge in [0, 0.05) is 59.3 Å². The average molecular weight is 463 g/mol. The van der Waals surface area contributed by atoms with E-state index in [1.165, 1.54) is 22.8 Å². The van der Waals surface area contributed by atoms with Crippen molar-refractivity contribution in [2.45, 2.75) is 36.2 Å². The summed E-state index contributed by atoms with van der Waals surface area (Å²) in [4.78, 5) is 12.4. The van der Waals surface area contributed by atoms with Gasteiger partial charge < -0.3 is 9.77 Å². The van der Waals surface area contributed by atoms with Gasteiger partial charge in [-0.2, -0.15) is 0 Å². The predicted molar refractivity (Wildman–Crippen MR) is 122 cm³/mol. The summed E-state index contributed by atoms with van der Waals surface area (Å²) in [6, 6.07) is 9.93. The molecule has 1 aliphatic carbocycles. The molecule has 1 heterocycles. The molecule has 0 spiro atoms. The molecule has 0 aliphatic heterocycles. The number of halogens is 2. The van der Waals surface area contributed by atoms with Crippen LogP contribution in [0.4, 0.5) is 4.39 Å². The van der Waals surface area contributed by atoms with Crippen molar-refractivity contribution in [3.8, 4) is 0 Å². The number of aromatic nitrogens is 1. The Balaban J connectivity index is 2.01. The van der Waals surface area contributed by atoms with E-state index in [0.29, 0.717) is 26.8 Å². The number of hydrogen-bond acceptors (Lipinski definition) is 4. The van der Waals surface area contributed by atoms with E-state index >= 15 is 4.39 Å². The van der Waals surface area contributed by atoms with Crippen molar-refractivity contribution < 1.29 is 13.8 Å². The van der Waals surface area contributed by atoms with Gasteiger partial charge in [-0.15, -0.1) is 0 Å². The smallest absolute Gasteiger partial charge is 0.250 e. The summed E-state index contributed by atoms with van der Waals surface area (Å²) in [6.07, 6.45) is 6.30. The Labute approximate surface area is 188 Å². The summed E-state index contributed by atoms with van der Waals surface area (Å²) in [5.74, 6) is -0.201. The second-order valence-electron chi connectivity index (χ2n) is 7.43. The first-order valence-corrected chi connectivity index (χ1v) is 11.6. The van der Waals surface area contributed by atoms with Gasteiger partial charge in [0.05, 0.1) is 16.5 Å². The maximum atomic E-state index is 16.1. The van der Waals surface area contributed by atoms with E-state index in [1.54, 1.807) is 49.7 Å². The SMILES string of the molecule is CCS(=O)c1ccc(C(C/C(=N\O)c2ccc(=O)n(C)c2)C2(F)C=CC(Cl)=CC2)cc1. The minimum Gasteiger partial charge on any atom is -0.411 e. The third-order valence-corrected chi connectivity index (χ3v) is 7.06. The molecule has 2 aromatic rings. The van der Waals surface area contributed by atoms with Crippen LogP contribution < -0.4 is 5.56 Å². The summed E-state index contributed by atoms with van der Waals surface area (Å²) in [7, 11) is 0.486. The first-order chi connectivity index (χ1) is 14.8. The lowest BCUT2D eigenvalue weighted by molar-refractivity contribution is 0.186. The molecule has 1 N–H and O–H groups in total. The number of allylic oxidation sites excluding steroid dienone is 4. The minimum atomic E-state index is -1.76. The number of hydrogen-bond donors (Lipinski definition) is 1. The molecular formula is C23H24ClFN2O3S.